The van der Waals surface area contributed by atoms with Crippen molar-refractivity contribution in [2.24, 2.45) is 0 Å². The number of anilines is 1. The molecule has 0 aliphatic heterocycles. The van der Waals surface area contributed by atoms with E-state index in [1.807, 2.05) is 0 Å². The Morgan fingerprint density at radius 1 is 1.13 bits per heavy atom. The van der Waals surface area contributed by atoms with Crippen LogP contribution < -0.4 is 15.7 Å². The van der Waals surface area contributed by atoms with Crippen molar-refractivity contribution in [3.05, 3.63) is 76.5 Å². The molecule has 1 aromatic heterocycles. The Bertz CT molecular complexity index is 933. The van der Waals surface area contributed by atoms with Crippen LogP contribution in [0.5, 0.6) is 0 Å². The molecule has 5 nitrogen and oxygen atoms in total. The summed E-state index contributed by atoms with van der Waals surface area (Å²) < 4.78 is 13.8. The van der Waals surface area contributed by atoms with Crippen molar-refractivity contribution in [2.75, 3.05) is 12.4 Å². The summed E-state index contributed by atoms with van der Waals surface area (Å²) in [7, 11) is 1.31. The third-order valence-electron chi connectivity index (χ3n) is 3.40. The summed E-state index contributed by atoms with van der Waals surface area (Å²) in [5, 5.41) is 3.69. The fraction of sp³-hybridized carbons (Fsp3) is 0.0588. The van der Waals surface area contributed by atoms with Gasteiger partial charge in [-0.05, 0) is 41.8 Å². The number of benzene rings is 2. The molecule has 3 rings (SSSR count). The van der Waals surface area contributed by atoms with Gasteiger partial charge in [0.2, 0.25) is 0 Å². The number of aromatic nitrogens is 1. The molecule has 3 aromatic rings. The van der Waals surface area contributed by atoms with E-state index in [4.69, 9.17) is 4.84 Å². The van der Waals surface area contributed by atoms with E-state index in [0.717, 1.165) is 4.73 Å². The average molecular weight is 312 g/mol. The minimum Gasteiger partial charge on any atom is -0.413 e. The number of fused-ring (bicyclic) bond motifs is 1. The molecule has 0 spiro atoms. The first-order valence-corrected chi connectivity index (χ1v) is 6.86. The molecule has 6 heteroatoms. The first kappa shape index (κ1) is 14.8. The number of carbonyl (C=O) groups excluding carboxylic acids is 1. The molecule has 0 aliphatic rings. The second kappa shape index (κ2) is 5.92. The number of pyridine rings is 1. The van der Waals surface area contributed by atoms with Crippen LogP contribution >= 0.6 is 0 Å². The number of rotatable bonds is 3. The smallest absolute Gasteiger partial charge is 0.291 e. The van der Waals surface area contributed by atoms with Crippen molar-refractivity contribution in [2.45, 2.75) is 0 Å². The van der Waals surface area contributed by atoms with Crippen LogP contribution in [-0.4, -0.2) is 17.7 Å². The van der Waals surface area contributed by atoms with Crippen molar-refractivity contribution in [1.29, 1.82) is 0 Å². The Hall–Kier alpha value is -3.15. The predicted octanol–water partition coefficient (Wildman–Crippen LogP) is 2.45. The molecule has 0 aliphatic carbocycles. The van der Waals surface area contributed by atoms with Gasteiger partial charge in [-0.3, -0.25) is 9.59 Å². The summed E-state index contributed by atoms with van der Waals surface area (Å²) in [5.41, 5.74) is 0.0510. The number of hydrogen-bond donors (Lipinski definition) is 1. The van der Waals surface area contributed by atoms with E-state index < -0.39 is 17.3 Å². The highest BCUT2D eigenvalue weighted by Crippen LogP contribution is 2.14. The minimum atomic E-state index is -0.527. The summed E-state index contributed by atoms with van der Waals surface area (Å²) in [4.78, 5) is 29.9. The van der Waals surface area contributed by atoms with Gasteiger partial charge in [-0.2, -0.15) is 0 Å². The van der Waals surface area contributed by atoms with E-state index in [1.165, 1.54) is 31.4 Å². The molecule has 1 amide bonds. The second-order valence-electron chi connectivity index (χ2n) is 4.86. The van der Waals surface area contributed by atoms with E-state index in [-0.39, 0.29) is 5.69 Å². The molecule has 0 bridgehead atoms. The number of amides is 1. The highest BCUT2D eigenvalue weighted by molar-refractivity contribution is 6.04. The summed E-state index contributed by atoms with van der Waals surface area (Å²) in [6.07, 6.45) is 0. The monoisotopic (exact) mass is 312 g/mol. The Balaban J connectivity index is 2.06. The summed E-state index contributed by atoms with van der Waals surface area (Å²) in [5.74, 6) is -0.927. The SMILES string of the molecule is COn1c(C(=O)Nc2ccc(F)cc2)cc2ccccc2c1=O. The van der Waals surface area contributed by atoms with Crippen LogP contribution in [0.25, 0.3) is 10.8 Å². The fourth-order valence-corrected chi connectivity index (χ4v) is 2.31. The van der Waals surface area contributed by atoms with Gasteiger partial charge in [0, 0.05) is 5.69 Å². The molecule has 116 valence electrons. The van der Waals surface area contributed by atoms with Crippen LogP contribution in [0, 0.1) is 5.82 Å². The maximum Gasteiger partial charge on any atom is 0.291 e. The van der Waals surface area contributed by atoms with Gasteiger partial charge in [-0.15, -0.1) is 4.73 Å². The minimum absolute atomic E-state index is 0.0560. The highest BCUT2D eigenvalue weighted by Gasteiger charge is 2.16. The van der Waals surface area contributed by atoms with Gasteiger partial charge in [0.25, 0.3) is 11.5 Å². The van der Waals surface area contributed by atoms with Crippen LogP contribution in [-0.2, 0) is 0 Å². The highest BCUT2D eigenvalue weighted by atomic mass is 19.1. The molecule has 1 heterocycles. The number of halogens is 1. The Labute approximate surface area is 130 Å². The maximum atomic E-state index is 12.9. The Kier molecular flexibility index (Phi) is 3.80. The molecule has 2 aromatic carbocycles. The van der Waals surface area contributed by atoms with E-state index >= 15 is 0 Å². The lowest BCUT2D eigenvalue weighted by Crippen LogP contribution is -2.32. The average Bonchev–Trinajstić information content (AvgIpc) is 2.57. The molecular formula is C17H13FN2O3. The van der Waals surface area contributed by atoms with Gasteiger partial charge in [-0.1, -0.05) is 18.2 Å². The van der Waals surface area contributed by atoms with Gasteiger partial charge in [-0.25, -0.2) is 4.39 Å². The maximum absolute atomic E-state index is 12.9. The fourth-order valence-electron chi connectivity index (χ4n) is 2.31. The Morgan fingerprint density at radius 2 is 1.83 bits per heavy atom. The van der Waals surface area contributed by atoms with E-state index in [9.17, 15) is 14.0 Å². The first-order valence-electron chi connectivity index (χ1n) is 6.86. The molecule has 0 saturated heterocycles. The summed E-state index contributed by atoms with van der Waals surface area (Å²) in [6, 6.07) is 13.8. The molecular weight excluding hydrogens is 299 g/mol. The largest absolute Gasteiger partial charge is 0.413 e. The summed E-state index contributed by atoms with van der Waals surface area (Å²) in [6.45, 7) is 0. The zero-order valence-corrected chi connectivity index (χ0v) is 12.2. The lowest BCUT2D eigenvalue weighted by Gasteiger charge is -2.12. The summed E-state index contributed by atoms with van der Waals surface area (Å²) >= 11 is 0. The topological polar surface area (TPSA) is 60.3 Å². The van der Waals surface area contributed by atoms with Crippen molar-refractivity contribution < 1.29 is 14.0 Å². The van der Waals surface area contributed by atoms with E-state index in [0.29, 0.717) is 16.5 Å². The van der Waals surface area contributed by atoms with Crippen LogP contribution in [0.4, 0.5) is 10.1 Å². The third-order valence-corrected chi connectivity index (χ3v) is 3.40. The van der Waals surface area contributed by atoms with Gasteiger partial charge in [0.05, 0.1) is 5.39 Å². The molecule has 0 radical (unpaired) electrons. The number of nitrogens with one attached hydrogen (secondary N) is 1. The third kappa shape index (κ3) is 2.78. The van der Waals surface area contributed by atoms with Crippen molar-refractivity contribution >= 4 is 22.4 Å². The van der Waals surface area contributed by atoms with Gasteiger partial charge in [0.1, 0.15) is 18.6 Å². The van der Waals surface area contributed by atoms with Crippen molar-refractivity contribution in [3.63, 3.8) is 0 Å². The predicted molar refractivity (Wildman–Crippen MR) is 85.1 cm³/mol. The normalized spacial score (nSPS) is 10.5. The second-order valence-corrected chi connectivity index (χ2v) is 4.86. The van der Waals surface area contributed by atoms with Gasteiger partial charge >= 0.3 is 0 Å². The van der Waals surface area contributed by atoms with Crippen molar-refractivity contribution in [3.8, 4) is 0 Å². The Morgan fingerprint density at radius 3 is 2.52 bits per heavy atom. The molecule has 0 saturated carbocycles. The van der Waals surface area contributed by atoms with Crippen LogP contribution in [0.2, 0.25) is 0 Å². The molecule has 0 atom stereocenters. The molecule has 1 N–H and O–H groups in total. The van der Waals surface area contributed by atoms with E-state index in [1.54, 1.807) is 30.3 Å². The quantitative estimate of drug-likeness (QED) is 0.808. The lowest BCUT2D eigenvalue weighted by molar-refractivity contribution is 0.0952. The van der Waals surface area contributed by atoms with Crippen LogP contribution in [0.1, 0.15) is 10.5 Å². The van der Waals surface area contributed by atoms with Crippen molar-refractivity contribution in [1.82, 2.24) is 4.73 Å². The number of carbonyl (C=O) groups is 1. The lowest BCUT2D eigenvalue weighted by atomic mass is 10.1. The molecule has 23 heavy (non-hydrogen) atoms. The standard InChI is InChI=1S/C17H13FN2O3/c1-23-20-15(10-11-4-2-3-5-14(11)17(20)22)16(21)19-13-8-6-12(18)7-9-13/h2-10H,1H3,(H,19,21). The van der Waals surface area contributed by atoms with Gasteiger partial charge < -0.3 is 10.2 Å². The first-order chi connectivity index (χ1) is 11.1. The van der Waals surface area contributed by atoms with Gasteiger partial charge in [0.15, 0.2) is 0 Å². The van der Waals surface area contributed by atoms with E-state index in [2.05, 4.69) is 5.32 Å². The molecule has 0 fully saturated rings. The zero-order chi connectivity index (χ0) is 16.4. The zero-order valence-electron chi connectivity index (χ0n) is 12.2. The van der Waals surface area contributed by atoms with Crippen LogP contribution in [0.15, 0.2) is 59.4 Å². The van der Waals surface area contributed by atoms with Crippen LogP contribution in [0.3, 0.4) is 0 Å². The number of hydrogen-bond acceptors (Lipinski definition) is 3. The molecule has 0 unspecified atom stereocenters. The number of nitrogens with zero attached hydrogens (tertiary/aromatic N) is 1.